The van der Waals surface area contributed by atoms with E-state index in [2.05, 4.69) is 63.7 Å². The summed E-state index contributed by atoms with van der Waals surface area (Å²) in [7, 11) is 0. The van der Waals surface area contributed by atoms with E-state index in [9.17, 15) is 10.2 Å². The van der Waals surface area contributed by atoms with Gasteiger partial charge >= 0.3 is 0 Å². The number of aryl methyl sites for hydroxylation is 2. The number of hydrogen-bond donors (Lipinski definition) is 2. The molecule has 7 nitrogen and oxygen atoms in total. The molecule has 0 fully saturated rings. The molecule has 4 aromatic heterocycles. The van der Waals surface area contributed by atoms with Gasteiger partial charge in [0.2, 0.25) is 0 Å². The molecule has 6 rings (SSSR count). The Balaban J connectivity index is 1.71. The summed E-state index contributed by atoms with van der Waals surface area (Å²) < 4.78 is 5.80. The number of rotatable bonds is 8. The van der Waals surface area contributed by atoms with Gasteiger partial charge in [-0.05, 0) is 136 Å². The molecule has 0 bridgehead atoms. The molecule has 0 aliphatic rings. The summed E-state index contributed by atoms with van der Waals surface area (Å²) in [4.78, 5) is 25.4. The Morgan fingerprint density at radius 3 is 1.39 bits per heavy atom. The first-order valence-electron chi connectivity index (χ1n) is 14.0. The van der Waals surface area contributed by atoms with Gasteiger partial charge in [-0.2, -0.15) is 0 Å². The first-order chi connectivity index (χ1) is 21.1. The molecule has 0 saturated carbocycles. The number of pyridine rings is 2. The van der Waals surface area contributed by atoms with Crippen LogP contribution in [0.2, 0.25) is 0 Å². The van der Waals surface area contributed by atoms with E-state index in [0.29, 0.717) is 41.9 Å². The highest BCUT2D eigenvalue weighted by molar-refractivity contribution is 9.11. The first-order valence-corrected chi connectivity index (χ1v) is 17.1. The van der Waals surface area contributed by atoms with Gasteiger partial charge in [-0.1, -0.05) is 26.0 Å². The largest absolute Gasteiger partial charge is 0.506 e. The number of halogens is 4. The summed E-state index contributed by atoms with van der Waals surface area (Å²) in [6, 6.07) is 18.7. The van der Waals surface area contributed by atoms with Gasteiger partial charge in [0.25, 0.3) is 0 Å². The van der Waals surface area contributed by atoms with E-state index in [-0.39, 0.29) is 17.3 Å². The van der Waals surface area contributed by atoms with Crippen LogP contribution in [-0.2, 0) is 17.6 Å². The minimum Gasteiger partial charge on any atom is -0.506 e. The van der Waals surface area contributed by atoms with Crippen LogP contribution in [0.25, 0.3) is 11.3 Å². The van der Waals surface area contributed by atoms with Crippen LogP contribution >= 0.6 is 63.7 Å². The molecule has 44 heavy (non-hydrogen) atoms. The van der Waals surface area contributed by atoms with E-state index < -0.39 is 11.8 Å². The lowest BCUT2D eigenvalue weighted by atomic mass is 9.79. The smallest absolute Gasteiger partial charge is 0.159 e. The Morgan fingerprint density at radius 1 is 0.682 bits per heavy atom. The predicted octanol–water partition coefficient (Wildman–Crippen LogP) is 9.10. The van der Waals surface area contributed by atoms with Crippen molar-refractivity contribution in [1.29, 1.82) is 0 Å². The van der Waals surface area contributed by atoms with Crippen LogP contribution in [0, 0.1) is 0 Å². The standard InChI is InChI=1S/C33H26Br4N4O3/c1-3-23-29(40-11-7-5-9-25(40)38-23)27(17-13-19(34)31(42)20(35)14-17)33(44)28(18-15-21(36)32(43)22(37)16-18)30-24(4-2)39-26-10-6-8-12-41(26)30/h5-16,27-28,42-43H,3-4H2,1-2H3. The highest BCUT2D eigenvalue weighted by atomic mass is 79.9. The molecule has 2 unspecified atom stereocenters. The van der Waals surface area contributed by atoms with Crippen molar-refractivity contribution in [3.05, 3.63) is 125 Å². The van der Waals surface area contributed by atoms with Crippen molar-refractivity contribution < 1.29 is 15.0 Å². The van der Waals surface area contributed by atoms with Gasteiger partial charge in [-0.15, -0.1) is 0 Å². The molecule has 0 aliphatic heterocycles. The van der Waals surface area contributed by atoms with E-state index >= 15 is 4.79 Å². The van der Waals surface area contributed by atoms with Gasteiger partial charge in [-0.25, -0.2) is 9.97 Å². The van der Waals surface area contributed by atoms with Gasteiger partial charge in [0, 0.05) is 12.4 Å². The Labute approximate surface area is 287 Å². The van der Waals surface area contributed by atoms with E-state index in [1.807, 2.05) is 71.4 Å². The number of Topliss-reactive ketones (excluding diaryl/α,β-unsaturated/α-hetero) is 1. The Morgan fingerprint density at radius 2 is 1.05 bits per heavy atom. The second-order valence-corrected chi connectivity index (χ2v) is 13.8. The highest BCUT2D eigenvalue weighted by Gasteiger charge is 2.39. The summed E-state index contributed by atoms with van der Waals surface area (Å²) in [5, 5.41) is 21.2. The van der Waals surface area contributed by atoms with Crippen LogP contribution in [0.4, 0.5) is 0 Å². The van der Waals surface area contributed by atoms with Crippen LogP contribution in [0.1, 0.15) is 59.6 Å². The SMILES string of the molecule is CCc1nc2ccccn2c1C(C(=O)C(c1cc(Br)c(O)c(Br)c1)c1c(CC)nc2ccccn12)c1cc(Br)c(O)c(Br)c1. The van der Waals surface area contributed by atoms with E-state index in [4.69, 9.17) is 9.97 Å². The minimum atomic E-state index is -0.800. The van der Waals surface area contributed by atoms with Crippen LogP contribution in [0.15, 0.2) is 90.9 Å². The third kappa shape index (κ3) is 5.31. The molecular weight excluding hydrogens is 820 g/mol. The fourth-order valence-electron chi connectivity index (χ4n) is 5.84. The lowest BCUT2D eigenvalue weighted by Crippen LogP contribution is -2.26. The molecule has 11 heteroatoms. The topological polar surface area (TPSA) is 92.1 Å². The summed E-state index contributed by atoms with van der Waals surface area (Å²) >= 11 is 14.0. The zero-order valence-corrected chi connectivity index (χ0v) is 29.9. The fourth-order valence-corrected chi connectivity index (χ4v) is 8.29. The fraction of sp³-hybridized carbons (Fsp3) is 0.182. The van der Waals surface area contributed by atoms with Gasteiger partial charge in [-0.3, -0.25) is 4.79 Å². The molecule has 0 aliphatic carbocycles. The number of carbonyl (C=O) groups is 1. The third-order valence-corrected chi connectivity index (χ3v) is 10.2. The summed E-state index contributed by atoms with van der Waals surface area (Å²) in [6.07, 6.45) is 5.07. The minimum absolute atomic E-state index is 0.0480. The van der Waals surface area contributed by atoms with Gasteiger partial charge in [0.15, 0.2) is 5.78 Å². The maximum Gasteiger partial charge on any atom is 0.159 e. The third-order valence-electron chi connectivity index (χ3n) is 7.82. The molecule has 6 aromatic rings. The quantitative estimate of drug-likeness (QED) is 0.160. The number of phenols is 2. The Hall–Kier alpha value is -2.99. The van der Waals surface area contributed by atoms with Crippen molar-refractivity contribution in [1.82, 2.24) is 18.8 Å². The van der Waals surface area contributed by atoms with Crippen molar-refractivity contribution in [3.63, 3.8) is 0 Å². The summed E-state index contributed by atoms with van der Waals surface area (Å²) in [5.74, 6) is -1.62. The van der Waals surface area contributed by atoms with Gasteiger partial charge in [0.05, 0.1) is 52.5 Å². The monoisotopic (exact) mass is 842 g/mol. The number of nitrogens with zero attached hydrogens (tertiary/aromatic N) is 4. The van der Waals surface area contributed by atoms with Gasteiger partial charge in [0.1, 0.15) is 22.8 Å². The molecule has 224 valence electrons. The molecule has 2 aromatic carbocycles. The number of aromatic hydroxyl groups is 2. The zero-order valence-electron chi connectivity index (χ0n) is 23.6. The number of phenolic OH excluding ortho intramolecular Hbond substituents is 2. The number of hydrogen-bond acceptors (Lipinski definition) is 5. The van der Waals surface area contributed by atoms with Crippen molar-refractivity contribution in [2.75, 3.05) is 0 Å². The number of fused-ring (bicyclic) bond motifs is 2. The maximum atomic E-state index is 15.6. The van der Waals surface area contributed by atoms with Crippen LogP contribution in [-0.4, -0.2) is 34.8 Å². The summed E-state index contributed by atoms with van der Waals surface area (Å²) in [6.45, 7) is 4.06. The highest BCUT2D eigenvalue weighted by Crippen LogP contribution is 2.44. The van der Waals surface area contributed by atoms with Crippen LogP contribution in [0.5, 0.6) is 11.5 Å². The lowest BCUT2D eigenvalue weighted by Gasteiger charge is -2.26. The second-order valence-electron chi connectivity index (χ2n) is 10.4. The lowest BCUT2D eigenvalue weighted by molar-refractivity contribution is -0.120. The van der Waals surface area contributed by atoms with E-state index in [1.165, 1.54) is 0 Å². The molecule has 2 N–H and O–H groups in total. The normalized spacial score (nSPS) is 13.0. The van der Waals surface area contributed by atoms with Crippen LogP contribution < -0.4 is 0 Å². The van der Waals surface area contributed by atoms with Crippen molar-refractivity contribution in [2.45, 2.75) is 38.5 Å². The van der Waals surface area contributed by atoms with E-state index in [1.54, 1.807) is 24.3 Å². The molecular formula is C33H26Br4N4O3. The number of imidazole rings is 2. The van der Waals surface area contributed by atoms with Crippen molar-refractivity contribution in [3.8, 4) is 11.5 Å². The number of ketones is 1. The van der Waals surface area contributed by atoms with Gasteiger partial charge < -0.3 is 19.0 Å². The average molecular weight is 846 g/mol. The average Bonchev–Trinajstić information content (AvgIpc) is 3.57. The number of benzene rings is 2. The van der Waals surface area contributed by atoms with Crippen LogP contribution in [0.3, 0.4) is 0 Å². The zero-order chi connectivity index (χ0) is 31.3. The van der Waals surface area contributed by atoms with Crippen molar-refractivity contribution >= 4 is 80.8 Å². The number of carbonyl (C=O) groups excluding carboxylic acids is 1. The first kappa shape index (κ1) is 31.0. The Bertz CT molecular complexity index is 1880. The molecule has 4 heterocycles. The molecule has 2 atom stereocenters. The molecule has 0 amide bonds. The van der Waals surface area contributed by atoms with E-state index in [0.717, 1.165) is 34.1 Å². The Kier molecular flexibility index (Phi) is 8.76. The number of aromatic nitrogens is 4. The molecule has 0 radical (unpaired) electrons. The maximum absolute atomic E-state index is 15.6. The molecule has 0 saturated heterocycles. The second kappa shape index (κ2) is 12.4. The molecule has 0 spiro atoms. The predicted molar refractivity (Wildman–Crippen MR) is 185 cm³/mol. The summed E-state index contributed by atoms with van der Waals surface area (Å²) in [5.41, 5.74) is 5.96. The van der Waals surface area contributed by atoms with Crippen molar-refractivity contribution in [2.24, 2.45) is 0 Å².